The maximum atomic E-state index is 13.4. The van der Waals surface area contributed by atoms with E-state index >= 15 is 0 Å². The fourth-order valence-corrected chi connectivity index (χ4v) is 3.68. The number of nitrogens with one attached hydrogen (secondary N) is 1. The molecular weight excluding hydrogens is 420 g/mol. The standard InChI is InChI=1S/C25H26N4O4/c1-16-23-19(15-20(17-8-6-5-7-9-17)27-24(23)29(2)28-16)25(30)26-18-10-11-21(32-4)22(14-18)33-13-12-31-3/h5-11,14-15H,12-13H2,1-4H3,(H,26,30). The number of carbonyl (C=O) groups excluding carboxylic acids is 1. The maximum absolute atomic E-state index is 13.4. The summed E-state index contributed by atoms with van der Waals surface area (Å²) < 4.78 is 17.8. The van der Waals surface area contributed by atoms with Crippen LogP contribution in [0.5, 0.6) is 11.5 Å². The van der Waals surface area contributed by atoms with Crippen molar-refractivity contribution in [2.45, 2.75) is 6.92 Å². The van der Waals surface area contributed by atoms with E-state index in [-0.39, 0.29) is 5.91 Å². The monoisotopic (exact) mass is 446 g/mol. The summed E-state index contributed by atoms with van der Waals surface area (Å²) in [5, 5.41) is 8.18. The zero-order chi connectivity index (χ0) is 23.4. The Balaban J connectivity index is 1.72. The van der Waals surface area contributed by atoms with Crippen molar-refractivity contribution in [1.29, 1.82) is 0 Å². The van der Waals surface area contributed by atoms with Crippen molar-refractivity contribution in [1.82, 2.24) is 14.8 Å². The summed E-state index contributed by atoms with van der Waals surface area (Å²) in [6, 6.07) is 16.8. The second-order valence-corrected chi connectivity index (χ2v) is 7.49. The lowest BCUT2D eigenvalue weighted by molar-refractivity contribution is 0.102. The third-order valence-corrected chi connectivity index (χ3v) is 5.25. The van der Waals surface area contributed by atoms with Crippen LogP contribution in [0.2, 0.25) is 0 Å². The summed E-state index contributed by atoms with van der Waals surface area (Å²) in [5.41, 5.74) is 4.10. The highest BCUT2D eigenvalue weighted by molar-refractivity contribution is 6.13. The number of hydrogen-bond acceptors (Lipinski definition) is 6. The topological polar surface area (TPSA) is 87.5 Å². The van der Waals surface area contributed by atoms with Gasteiger partial charge in [0.2, 0.25) is 0 Å². The Morgan fingerprint density at radius 1 is 1.03 bits per heavy atom. The zero-order valence-electron chi connectivity index (χ0n) is 19.1. The van der Waals surface area contributed by atoms with Crippen LogP contribution in [0.25, 0.3) is 22.3 Å². The molecule has 0 unspecified atom stereocenters. The second-order valence-electron chi connectivity index (χ2n) is 7.49. The summed E-state index contributed by atoms with van der Waals surface area (Å²) in [6.07, 6.45) is 0. The van der Waals surface area contributed by atoms with Crippen LogP contribution in [-0.2, 0) is 11.8 Å². The van der Waals surface area contributed by atoms with Crippen molar-refractivity contribution in [2.24, 2.45) is 7.05 Å². The number of benzene rings is 2. The van der Waals surface area contributed by atoms with Gasteiger partial charge in [0.15, 0.2) is 17.1 Å². The highest BCUT2D eigenvalue weighted by Crippen LogP contribution is 2.32. The summed E-state index contributed by atoms with van der Waals surface area (Å²) in [7, 11) is 5.00. The van der Waals surface area contributed by atoms with Gasteiger partial charge >= 0.3 is 0 Å². The highest BCUT2D eigenvalue weighted by Gasteiger charge is 2.20. The minimum atomic E-state index is -0.260. The molecule has 8 nitrogen and oxygen atoms in total. The minimum absolute atomic E-state index is 0.260. The first-order valence-corrected chi connectivity index (χ1v) is 10.5. The fraction of sp³-hybridized carbons (Fsp3) is 0.240. The first-order chi connectivity index (χ1) is 16.0. The number of pyridine rings is 1. The van der Waals surface area contributed by atoms with Gasteiger partial charge in [0.1, 0.15) is 6.61 Å². The molecule has 0 aliphatic carbocycles. The largest absolute Gasteiger partial charge is 0.493 e. The summed E-state index contributed by atoms with van der Waals surface area (Å²) in [6.45, 7) is 2.68. The van der Waals surface area contributed by atoms with Crippen LogP contribution in [0.4, 0.5) is 5.69 Å². The quantitative estimate of drug-likeness (QED) is 0.408. The molecule has 0 bridgehead atoms. The van der Waals surface area contributed by atoms with E-state index in [1.54, 1.807) is 43.2 Å². The van der Waals surface area contributed by atoms with Gasteiger partial charge in [0.25, 0.3) is 5.91 Å². The van der Waals surface area contributed by atoms with Crippen LogP contribution in [0.3, 0.4) is 0 Å². The number of ether oxygens (including phenoxy) is 3. The summed E-state index contributed by atoms with van der Waals surface area (Å²) in [5.74, 6) is 0.836. The van der Waals surface area contributed by atoms with Gasteiger partial charge in [-0.3, -0.25) is 9.48 Å². The molecule has 1 N–H and O–H groups in total. The second kappa shape index (κ2) is 9.70. The third-order valence-electron chi connectivity index (χ3n) is 5.25. The zero-order valence-corrected chi connectivity index (χ0v) is 19.1. The molecule has 0 saturated carbocycles. The number of fused-ring (bicyclic) bond motifs is 1. The Kier molecular flexibility index (Phi) is 6.55. The summed E-state index contributed by atoms with van der Waals surface area (Å²) >= 11 is 0. The Hall–Kier alpha value is -3.91. The molecule has 0 radical (unpaired) electrons. The van der Waals surface area contributed by atoms with Gasteiger partial charge in [-0.2, -0.15) is 5.10 Å². The van der Waals surface area contributed by atoms with Crippen LogP contribution in [0.15, 0.2) is 54.6 Å². The predicted octanol–water partition coefficient (Wildman–Crippen LogP) is 4.23. The molecule has 0 fully saturated rings. The normalized spacial score (nSPS) is 10.9. The van der Waals surface area contributed by atoms with E-state index in [0.717, 1.165) is 16.6 Å². The van der Waals surface area contributed by atoms with Gasteiger partial charge in [-0.25, -0.2) is 4.98 Å². The van der Waals surface area contributed by atoms with Crippen molar-refractivity contribution in [3.8, 4) is 22.8 Å². The molecular formula is C25H26N4O4. The van der Waals surface area contributed by atoms with Crippen LogP contribution >= 0.6 is 0 Å². The molecule has 2 heterocycles. The van der Waals surface area contributed by atoms with Gasteiger partial charge in [0.05, 0.1) is 36.1 Å². The fourth-order valence-electron chi connectivity index (χ4n) is 3.68. The smallest absolute Gasteiger partial charge is 0.256 e. The Labute approximate surface area is 192 Å². The molecule has 0 saturated heterocycles. The predicted molar refractivity (Wildman–Crippen MR) is 127 cm³/mol. The average molecular weight is 447 g/mol. The molecule has 4 aromatic rings. The lowest BCUT2D eigenvalue weighted by atomic mass is 10.0. The number of amides is 1. The van der Waals surface area contributed by atoms with Crippen molar-refractivity contribution in [3.63, 3.8) is 0 Å². The first kappa shape index (κ1) is 22.3. The van der Waals surface area contributed by atoms with Crippen molar-refractivity contribution in [3.05, 3.63) is 65.9 Å². The van der Waals surface area contributed by atoms with Gasteiger partial charge in [-0.05, 0) is 25.1 Å². The number of nitrogens with zero attached hydrogens (tertiary/aromatic N) is 3. The number of hydrogen-bond donors (Lipinski definition) is 1. The van der Waals surface area contributed by atoms with Crippen LogP contribution in [0.1, 0.15) is 16.1 Å². The molecule has 2 aromatic heterocycles. The minimum Gasteiger partial charge on any atom is -0.493 e. The number of aryl methyl sites for hydroxylation is 2. The van der Waals surface area contributed by atoms with E-state index in [2.05, 4.69) is 10.4 Å². The molecule has 0 atom stereocenters. The van der Waals surface area contributed by atoms with E-state index in [4.69, 9.17) is 19.2 Å². The number of anilines is 1. The van der Waals surface area contributed by atoms with E-state index in [1.165, 1.54) is 0 Å². The lowest BCUT2D eigenvalue weighted by Crippen LogP contribution is -2.14. The summed E-state index contributed by atoms with van der Waals surface area (Å²) in [4.78, 5) is 18.2. The molecule has 170 valence electrons. The average Bonchev–Trinajstić information content (AvgIpc) is 3.12. The molecule has 0 spiro atoms. The maximum Gasteiger partial charge on any atom is 0.256 e. The van der Waals surface area contributed by atoms with Gasteiger partial charge in [-0.1, -0.05) is 30.3 Å². The van der Waals surface area contributed by atoms with E-state index < -0.39 is 0 Å². The van der Waals surface area contributed by atoms with Crippen molar-refractivity contribution in [2.75, 3.05) is 32.8 Å². The third kappa shape index (κ3) is 4.65. The van der Waals surface area contributed by atoms with E-state index in [9.17, 15) is 4.79 Å². The Bertz CT molecular complexity index is 1280. The molecule has 8 heteroatoms. The molecule has 33 heavy (non-hydrogen) atoms. The molecule has 1 amide bonds. The van der Waals surface area contributed by atoms with E-state index in [1.807, 2.05) is 44.3 Å². The molecule has 0 aliphatic rings. The Morgan fingerprint density at radius 2 is 1.82 bits per heavy atom. The SMILES string of the molecule is COCCOc1cc(NC(=O)c2cc(-c3ccccc3)nc3c2c(C)nn3C)ccc1OC. The molecule has 0 aliphatic heterocycles. The lowest BCUT2D eigenvalue weighted by Gasteiger charge is -2.13. The first-order valence-electron chi connectivity index (χ1n) is 10.5. The number of methoxy groups -OCH3 is 2. The number of aromatic nitrogens is 3. The van der Waals surface area contributed by atoms with Gasteiger partial charge < -0.3 is 19.5 Å². The Morgan fingerprint density at radius 3 is 2.55 bits per heavy atom. The highest BCUT2D eigenvalue weighted by atomic mass is 16.5. The van der Waals surface area contributed by atoms with Gasteiger partial charge in [-0.15, -0.1) is 0 Å². The van der Waals surface area contributed by atoms with E-state index in [0.29, 0.717) is 47.3 Å². The molecule has 2 aromatic carbocycles. The number of carbonyl (C=O) groups is 1. The number of rotatable bonds is 8. The van der Waals surface area contributed by atoms with Crippen molar-refractivity contribution < 1.29 is 19.0 Å². The van der Waals surface area contributed by atoms with Crippen LogP contribution in [0, 0.1) is 6.92 Å². The van der Waals surface area contributed by atoms with Crippen LogP contribution in [-0.4, -0.2) is 48.1 Å². The van der Waals surface area contributed by atoms with Crippen LogP contribution < -0.4 is 14.8 Å². The van der Waals surface area contributed by atoms with Crippen molar-refractivity contribution >= 4 is 22.6 Å². The molecule has 4 rings (SSSR count). The van der Waals surface area contributed by atoms with Gasteiger partial charge in [0, 0.05) is 31.5 Å².